The third-order valence-corrected chi connectivity index (χ3v) is 4.08. The van der Waals surface area contributed by atoms with Gasteiger partial charge in [-0.25, -0.2) is 0 Å². The molecule has 3 fully saturated rings. The van der Waals surface area contributed by atoms with Crippen LogP contribution in [0.15, 0.2) is 0 Å². The van der Waals surface area contributed by atoms with Crippen LogP contribution in [-0.4, -0.2) is 29.0 Å². The normalized spacial score (nSPS) is 59.5. The molecule has 0 amide bonds. The Morgan fingerprint density at radius 1 is 1.31 bits per heavy atom. The van der Waals surface area contributed by atoms with Crippen LogP contribution in [0.25, 0.3) is 0 Å². The highest BCUT2D eigenvalue weighted by atomic mass is 16.5. The number of fused-ring (bicyclic) bond motifs is 2. The molecule has 1 aliphatic carbocycles. The maximum Gasteiger partial charge on any atom is 0.0626 e. The Morgan fingerprint density at radius 2 is 2.08 bits per heavy atom. The number of nitrogens with two attached hydrogens (primary N) is 1. The first kappa shape index (κ1) is 8.21. The van der Waals surface area contributed by atoms with Crippen LogP contribution in [0, 0.1) is 5.92 Å². The predicted octanol–water partition coefficient (Wildman–Crippen LogP) is 0.406. The molecule has 3 unspecified atom stereocenters. The van der Waals surface area contributed by atoms with Crippen molar-refractivity contribution in [1.82, 2.24) is 0 Å². The van der Waals surface area contributed by atoms with Crippen molar-refractivity contribution in [2.45, 2.75) is 56.0 Å². The molecule has 74 valence electrons. The molecule has 2 saturated heterocycles. The van der Waals surface area contributed by atoms with E-state index in [-0.39, 0.29) is 11.6 Å². The summed E-state index contributed by atoms with van der Waals surface area (Å²) in [6, 6.07) is 0. The molecule has 0 spiro atoms. The van der Waals surface area contributed by atoms with E-state index in [1.807, 2.05) is 0 Å². The van der Waals surface area contributed by atoms with E-state index in [4.69, 9.17) is 10.5 Å². The zero-order valence-electron chi connectivity index (χ0n) is 7.78. The molecule has 3 atom stereocenters. The Kier molecular flexibility index (Phi) is 1.56. The molecular formula is C10H17NO2. The summed E-state index contributed by atoms with van der Waals surface area (Å²) in [5, 5.41) is 9.29. The van der Waals surface area contributed by atoms with E-state index >= 15 is 0 Å². The fraction of sp³-hybridized carbons (Fsp3) is 1.00. The fourth-order valence-corrected chi connectivity index (χ4v) is 3.36. The quantitative estimate of drug-likeness (QED) is 0.619. The number of aliphatic hydroxyl groups is 1. The first-order chi connectivity index (χ1) is 6.17. The molecule has 0 radical (unpaired) electrons. The molecule has 3 aliphatic rings. The van der Waals surface area contributed by atoms with E-state index in [9.17, 15) is 5.11 Å². The summed E-state index contributed by atoms with van der Waals surface area (Å²) in [6.45, 7) is 0. The standard InChI is InChI=1S/C10H17NO2/c11-10(4-6(12)5-10)8-3-7-1-2-9(8)13-7/h6-9,12H,1-5,11H2. The second kappa shape index (κ2) is 2.47. The predicted molar refractivity (Wildman–Crippen MR) is 48.2 cm³/mol. The lowest BCUT2D eigenvalue weighted by Crippen LogP contribution is -2.61. The zero-order chi connectivity index (χ0) is 9.05. The number of hydrogen-bond donors (Lipinski definition) is 2. The molecule has 0 aromatic carbocycles. The lowest BCUT2D eigenvalue weighted by atomic mass is 9.63. The Balaban J connectivity index is 1.73. The molecule has 2 aliphatic heterocycles. The lowest BCUT2D eigenvalue weighted by molar-refractivity contribution is -0.0276. The van der Waals surface area contributed by atoms with Crippen molar-refractivity contribution in [2.24, 2.45) is 11.7 Å². The molecule has 2 heterocycles. The number of aliphatic hydroxyl groups excluding tert-OH is 1. The van der Waals surface area contributed by atoms with Gasteiger partial charge in [0.15, 0.2) is 0 Å². The summed E-state index contributed by atoms with van der Waals surface area (Å²) >= 11 is 0. The van der Waals surface area contributed by atoms with E-state index in [1.54, 1.807) is 0 Å². The molecular weight excluding hydrogens is 166 g/mol. The van der Waals surface area contributed by atoms with Crippen molar-refractivity contribution in [2.75, 3.05) is 0 Å². The van der Waals surface area contributed by atoms with Crippen LogP contribution in [0.2, 0.25) is 0 Å². The van der Waals surface area contributed by atoms with Crippen LogP contribution in [0.1, 0.15) is 32.1 Å². The van der Waals surface area contributed by atoms with Crippen LogP contribution in [-0.2, 0) is 4.74 Å². The minimum absolute atomic E-state index is 0.0980. The average molecular weight is 183 g/mol. The largest absolute Gasteiger partial charge is 0.393 e. The highest BCUT2D eigenvalue weighted by Crippen LogP contribution is 2.49. The van der Waals surface area contributed by atoms with Crippen molar-refractivity contribution < 1.29 is 9.84 Å². The van der Waals surface area contributed by atoms with Crippen LogP contribution in [0.3, 0.4) is 0 Å². The summed E-state index contributed by atoms with van der Waals surface area (Å²) in [7, 11) is 0. The lowest BCUT2D eigenvalue weighted by Gasteiger charge is -2.48. The van der Waals surface area contributed by atoms with E-state index in [1.165, 1.54) is 12.8 Å². The summed E-state index contributed by atoms with van der Waals surface area (Å²) in [5.74, 6) is 0.523. The second-order valence-corrected chi connectivity index (χ2v) is 5.01. The molecule has 0 aromatic rings. The monoisotopic (exact) mass is 183 g/mol. The Hall–Kier alpha value is -0.120. The van der Waals surface area contributed by atoms with Crippen LogP contribution in [0.5, 0.6) is 0 Å². The van der Waals surface area contributed by atoms with Crippen molar-refractivity contribution in [3.05, 3.63) is 0 Å². The van der Waals surface area contributed by atoms with E-state index < -0.39 is 0 Å². The summed E-state index contributed by atoms with van der Waals surface area (Å²) < 4.78 is 5.78. The molecule has 0 aromatic heterocycles. The topological polar surface area (TPSA) is 55.5 Å². The average Bonchev–Trinajstić information content (AvgIpc) is 2.60. The van der Waals surface area contributed by atoms with Gasteiger partial charge in [-0.05, 0) is 32.1 Å². The van der Waals surface area contributed by atoms with E-state index in [0.29, 0.717) is 18.1 Å². The second-order valence-electron chi connectivity index (χ2n) is 5.01. The van der Waals surface area contributed by atoms with Gasteiger partial charge in [-0.15, -0.1) is 0 Å². The van der Waals surface area contributed by atoms with Gasteiger partial charge in [0.05, 0.1) is 18.3 Å². The van der Waals surface area contributed by atoms with Crippen molar-refractivity contribution in [1.29, 1.82) is 0 Å². The molecule has 3 rings (SSSR count). The minimum atomic E-state index is -0.149. The first-order valence-corrected chi connectivity index (χ1v) is 5.30. The van der Waals surface area contributed by atoms with Gasteiger partial charge in [0.1, 0.15) is 0 Å². The molecule has 13 heavy (non-hydrogen) atoms. The molecule has 3 N–H and O–H groups in total. The van der Waals surface area contributed by atoms with Gasteiger partial charge < -0.3 is 15.6 Å². The van der Waals surface area contributed by atoms with Gasteiger partial charge in [0, 0.05) is 11.5 Å². The molecule has 2 bridgehead atoms. The van der Waals surface area contributed by atoms with Gasteiger partial charge in [-0.1, -0.05) is 0 Å². The van der Waals surface area contributed by atoms with Gasteiger partial charge >= 0.3 is 0 Å². The third-order valence-electron chi connectivity index (χ3n) is 4.08. The van der Waals surface area contributed by atoms with Gasteiger partial charge in [0.2, 0.25) is 0 Å². The van der Waals surface area contributed by atoms with Crippen molar-refractivity contribution in [3.63, 3.8) is 0 Å². The maximum atomic E-state index is 9.29. The van der Waals surface area contributed by atoms with E-state index in [2.05, 4.69) is 0 Å². The maximum absolute atomic E-state index is 9.29. The number of rotatable bonds is 1. The van der Waals surface area contributed by atoms with Crippen LogP contribution in [0.4, 0.5) is 0 Å². The fourth-order valence-electron chi connectivity index (χ4n) is 3.36. The zero-order valence-corrected chi connectivity index (χ0v) is 7.78. The molecule has 1 saturated carbocycles. The Bertz CT molecular complexity index is 225. The molecule has 3 nitrogen and oxygen atoms in total. The van der Waals surface area contributed by atoms with Crippen LogP contribution >= 0.6 is 0 Å². The highest BCUT2D eigenvalue weighted by Gasteiger charge is 2.54. The summed E-state index contributed by atoms with van der Waals surface area (Å²) in [6.07, 6.45) is 5.84. The number of hydrogen-bond acceptors (Lipinski definition) is 3. The van der Waals surface area contributed by atoms with Gasteiger partial charge in [-0.3, -0.25) is 0 Å². The Morgan fingerprint density at radius 3 is 2.54 bits per heavy atom. The minimum Gasteiger partial charge on any atom is -0.393 e. The summed E-state index contributed by atoms with van der Waals surface area (Å²) in [5.41, 5.74) is 6.15. The number of ether oxygens (including phenoxy) is 1. The summed E-state index contributed by atoms with van der Waals surface area (Å²) in [4.78, 5) is 0. The van der Waals surface area contributed by atoms with Crippen molar-refractivity contribution >= 4 is 0 Å². The van der Waals surface area contributed by atoms with Gasteiger partial charge in [0.25, 0.3) is 0 Å². The smallest absolute Gasteiger partial charge is 0.0626 e. The van der Waals surface area contributed by atoms with Gasteiger partial charge in [-0.2, -0.15) is 0 Å². The van der Waals surface area contributed by atoms with Crippen LogP contribution < -0.4 is 5.73 Å². The Labute approximate surface area is 78.3 Å². The van der Waals surface area contributed by atoms with E-state index in [0.717, 1.165) is 19.3 Å². The SMILES string of the molecule is NC1(C2CC3CCC2O3)CC(O)C1. The highest BCUT2D eigenvalue weighted by molar-refractivity contribution is 5.09. The van der Waals surface area contributed by atoms with Crippen molar-refractivity contribution in [3.8, 4) is 0 Å². The molecule has 3 heteroatoms. The third kappa shape index (κ3) is 1.07. The first-order valence-electron chi connectivity index (χ1n) is 5.30.